The van der Waals surface area contributed by atoms with E-state index in [4.69, 9.17) is 34.8 Å². The Morgan fingerprint density at radius 3 is 2.18 bits per heavy atom. The van der Waals surface area contributed by atoms with Gasteiger partial charge in [0.15, 0.2) is 0 Å². The number of amides is 1. The van der Waals surface area contributed by atoms with Crippen molar-refractivity contribution in [3.05, 3.63) is 64.7 Å². The Morgan fingerprint density at radius 1 is 1.05 bits per heavy atom. The van der Waals surface area contributed by atoms with E-state index in [2.05, 4.69) is 5.32 Å². The van der Waals surface area contributed by atoms with Gasteiger partial charge in [-0.1, -0.05) is 41.1 Å². The summed E-state index contributed by atoms with van der Waals surface area (Å²) in [5.41, 5.74) is 1.67. The highest BCUT2D eigenvalue weighted by Gasteiger charge is 2.21. The number of carbonyl (C=O) groups excluding carboxylic acids is 1. The summed E-state index contributed by atoms with van der Waals surface area (Å²) in [6, 6.07) is 14.6. The van der Waals surface area contributed by atoms with Crippen molar-refractivity contribution >= 4 is 52.5 Å². The number of rotatable bonds is 5. The Balaban J connectivity index is 2.06. The van der Waals surface area contributed by atoms with E-state index in [0.717, 1.165) is 4.90 Å². The quantitative estimate of drug-likeness (QED) is 0.437. The Morgan fingerprint density at radius 2 is 1.64 bits per heavy atom. The molecule has 1 N–H and O–H groups in total. The second-order valence-corrected chi connectivity index (χ2v) is 7.48. The van der Waals surface area contributed by atoms with Gasteiger partial charge in [-0.2, -0.15) is 0 Å². The van der Waals surface area contributed by atoms with Gasteiger partial charge in [0.05, 0.1) is 0 Å². The number of hydrogen-bond donors (Lipinski definition) is 1. The summed E-state index contributed by atoms with van der Waals surface area (Å²) in [4.78, 5) is 12.5. The zero-order chi connectivity index (χ0) is 16.1. The first-order valence-corrected chi connectivity index (χ1v) is 8.66. The number of alkyl halides is 2. The predicted octanol–water partition coefficient (Wildman–Crippen LogP) is 5.30. The fourth-order valence-electron chi connectivity index (χ4n) is 1.72. The van der Waals surface area contributed by atoms with Crippen LogP contribution in [0.2, 0.25) is 5.02 Å². The van der Waals surface area contributed by atoms with Crippen LogP contribution in [0.25, 0.3) is 0 Å². The average Bonchev–Trinajstić information content (AvgIpc) is 2.49. The fourth-order valence-corrected chi connectivity index (χ4v) is 3.14. The van der Waals surface area contributed by atoms with Crippen molar-refractivity contribution in [2.75, 3.05) is 0 Å². The molecule has 1 amide bonds. The molecule has 6 heteroatoms. The number of aryl methyl sites for hydroxylation is 1. The maximum atomic E-state index is 12.2. The SMILES string of the molecule is Cc1ccc(SC(NC(=O)c2ccc(Cl)cc2)C(Cl)Cl)cc1. The third-order valence-corrected chi connectivity index (χ3v) is 5.14. The van der Waals surface area contributed by atoms with Gasteiger partial charge in [-0.3, -0.25) is 4.79 Å². The van der Waals surface area contributed by atoms with E-state index in [1.165, 1.54) is 17.3 Å². The van der Waals surface area contributed by atoms with Gasteiger partial charge in [-0.15, -0.1) is 23.2 Å². The van der Waals surface area contributed by atoms with Gasteiger partial charge >= 0.3 is 0 Å². The molecule has 0 spiro atoms. The number of benzene rings is 2. The highest BCUT2D eigenvalue weighted by atomic mass is 35.5. The van der Waals surface area contributed by atoms with Gasteiger partial charge in [0, 0.05) is 15.5 Å². The second kappa shape index (κ2) is 8.11. The van der Waals surface area contributed by atoms with Gasteiger partial charge < -0.3 is 5.32 Å². The van der Waals surface area contributed by atoms with Gasteiger partial charge in [0.1, 0.15) is 10.2 Å². The molecule has 0 bridgehead atoms. The topological polar surface area (TPSA) is 29.1 Å². The lowest BCUT2D eigenvalue weighted by molar-refractivity contribution is 0.0951. The summed E-state index contributed by atoms with van der Waals surface area (Å²) in [6.45, 7) is 2.01. The van der Waals surface area contributed by atoms with Crippen molar-refractivity contribution in [2.45, 2.75) is 22.0 Å². The molecule has 0 saturated heterocycles. The smallest absolute Gasteiger partial charge is 0.252 e. The normalized spacial score (nSPS) is 12.2. The van der Waals surface area contributed by atoms with Gasteiger partial charge in [-0.05, 0) is 43.3 Å². The largest absolute Gasteiger partial charge is 0.337 e. The number of nitrogens with one attached hydrogen (secondary N) is 1. The van der Waals surface area contributed by atoms with E-state index >= 15 is 0 Å². The summed E-state index contributed by atoms with van der Waals surface area (Å²) in [7, 11) is 0. The second-order valence-electron chi connectivity index (χ2n) is 4.67. The van der Waals surface area contributed by atoms with Crippen molar-refractivity contribution in [1.82, 2.24) is 5.32 Å². The van der Waals surface area contributed by atoms with E-state index < -0.39 is 10.2 Å². The molecule has 2 rings (SSSR count). The highest BCUT2D eigenvalue weighted by Crippen LogP contribution is 2.28. The Bertz CT molecular complexity index is 629. The molecular weight excluding hydrogens is 361 g/mol. The molecule has 1 atom stereocenters. The minimum absolute atomic E-state index is 0.243. The minimum Gasteiger partial charge on any atom is -0.337 e. The molecule has 0 saturated carbocycles. The van der Waals surface area contributed by atoms with Crippen LogP contribution in [0.5, 0.6) is 0 Å². The predicted molar refractivity (Wildman–Crippen MR) is 95.2 cm³/mol. The minimum atomic E-state index is -0.734. The maximum absolute atomic E-state index is 12.2. The van der Waals surface area contributed by atoms with Crippen LogP contribution in [0, 0.1) is 6.92 Å². The molecule has 0 aliphatic carbocycles. The maximum Gasteiger partial charge on any atom is 0.252 e. The number of hydrogen-bond acceptors (Lipinski definition) is 2. The Kier molecular flexibility index (Phi) is 6.45. The standard InChI is InChI=1S/C16H14Cl3NOS/c1-10-2-8-13(9-3-10)22-16(14(18)19)20-15(21)11-4-6-12(17)7-5-11/h2-9,14,16H,1H3,(H,20,21). The zero-order valence-electron chi connectivity index (χ0n) is 11.7. The third kappa shape index (κ3) is 5.10. The molecule has 0 aromatic heterocycles. The summed E-state index contributed by atoms with van der Waals surface area (Å²) in [5, 5.41) is 2.96. The van der Waals surface area contributed by atoms with Crippen molar-refractivity contribution in [3.63, 3.8) is 0 Å². The van der Waals surface area contributed by atoms with Crippen LogP contribution in [-0.2, 0) is 0 Å². The summed E-state index contributed by atoms with van der Waals surface area (Å²) in [5.74, 6) is -0.243. The first-order valence-electron chi connectivity index (χ1n) is 6.53. The molecule has 116 valence electrons. The van der Waals surface area contributed by atoms with Crippen LogP contribution in [0.4, 0.5) is 0 Å². The van der Waals surface area contributed by atoms with Crippen molar-refractivity contribution in [3.8, 4) is 0 Å². The van der Waals surface area contributed by atoms with E-state index in [9.17, 15) is 4.79 Å². The first kappa shape index (κ1) is 17.5. The molecule has 0 fully saturated rings. The highest BCUT2D eigenvalue weighted by molar-refractivity contribution is 8.00. The molecule has 2 aromatic rings. The monoisotopic (exact) mass is 373 g/mol. The van der Waals surface area contributed by atoms with Gasteiger partial charge in [-0.25, -0.2) is 0 Å². The van der Waals surface area contributed by atoms with Crippen LogP contribution in [-0.4, -0.2) is 16.1 Å². The summed E-state index contributed by atoms with van der Waals surface area (Å²) >= 11 is 19.2. The molecule has 2 aromatic carbocycles. The van der Waals surface area contributed by atoms with Crippen molar-refractivity contribution in [2.24, 2.45) is 0 Å². The fraction of sp³-hybridized carbons (Fsp3) is 0.188. The molecule has 0 heterocycles. The van der Waals surface area contributed by atoms with Crippen LogP contribution in [0.1, 0.15) is 15.9 Å². The lowest BCUT2D eigenvalue weighted by Crippen LogP contribution is -2.36. The molecular formula is C16H14Cl3NOS. The van der Waals surface area contributed by atoms with Gasteiger partial charge in [0.2, 0.25) is 0 Å². The van der Waals surface area contributed by atoms with Crippen LogP contribution in [0.3, 0.4) is 0 Å². The van der Waals surface area contributed by atoms with Gasteiger partial charge in [0.25, 0.3) is 5.91 Å². The molecule has 0 radical (unpaired) electrons. The average molecular weight is 375 g/mol. The summed E-state index contributed by atoms with van der Waals surface area (Å²) in [6.07, 6.45) is 0. The lowest BCUT2D eigenvalue weighted by Gasteiger charge is -2.19. The van der Waals surface area contributed by atoms with Crippen molar-refractivity contribution < 1.29 is 4.79 Å². The molecule has 1 unspecified atom stereocenters. The molecule has 22 heavy (non-hydrogen) atoms. The number of carbonyl (C=O) groups is 1. The number of thioether (sulfide) groups is 1. The molecule has 2 nitrogen and oxygen atoms in total. The molecule has 0 aliphatic heterocycles. The number of halogens is 3. The molecule has 0 aliphatic rings. The van der Waals surface area contributed by atoms with Crippen LogP contribution < -0.4 is 5.32 Å². The van der Waals surface area contributed by atoms with Crippen molar-refractivity contribution in [1.29, 1.82) is 0 Å². The Hall–Kier alpha value is -0.870. The van der Waals surface area contributed by atoms with E-state index in [1.807, 2.05) is 31.2 Å². The van der Waals surface area contributed by atoms with Crippen LogP contribution >= 0.6 is 46.6 Å². The Labute approximate surface area is 149 Å². The van der Waals surface area contributed by atoms with E-state index in [0.29, 0.717) is 10.6 Å². The summed E-state index contributed by atoms with van der Waals surface area (Å²) < 4.78 is 0. The van der Waals surface area contributed by atoms with E-state index in [-0.39, 0.29) is 5.91 Å². The lowest BCUT2D eigenvalue weighted by atomic mass is 10.2. The van der Waals surface area contributed by atoms with E-state index in [1.54, 1.807) is 24.3 Å². The first-order chi connectivity index (χ1) is 10.5. The van der Waals surface area contributed by atoms with Crippen LogP contribution in [0.15, 0.2) is 53.4 Å². The zero-order valence-corrected chi connectivity index (χ0v) is 14.8. The third-order valence-electron chi connectivity index (χ3n) is 2.89.